The summed E-state index contributed by atoms with van der Waals surface area (Å²) >= 11 is 0. The van der Waals surface area contributed by atoms with Crippen molar-refractivity contribution in [2.24, 2.45) is 5.92 Å². The number of carbonyl (C=O) groups is 1. The Hall–Kier alpha value is -1.36. The van der Waals surface area contributed by atoms with Crippen LogP contribution in [-0.2, 0) is 11.3 Å². The van der Waals surface area contributed by atoms with E-state index in [9.17, 15) is 4.79 Å². The second-order valence-corrected chi connectivity index (χ2v) is 5.62. The van der Waals surface area contributed by atoms with Crippen molar-refractivity contribution in [3.63, 3.8) is 0 Å². The molecule has 1 atom stereocenters. The van der Waals surface area contributed by atoms with Gasteiger partial charge in [-0.1, -0.05) is 0 Å². The van der Waals surface area contributed by atoms with E-state index in [0.717, 1.165) is 32.5 Å². The molecule has 1 saturated heterocycles. The van der Waals surface area contributed by atoms with Crippen LogP contribution >= 0.6 is 0 Å². The molecular formula is C14H22N4O. The molecule has 1 aromatic rings. The summed E-state index contributed by atoms with van der Waals surface area (Å²) in [5.41, 5.74) is 1.30. The maximum Gasteiger partial charge on any atom is 0.223 e. The minimum Gasteiger partial charge on any atom is -0.354 e. The van der Waals surface area contributed by atoms with Crippen molar-refractivity contribution in [3.8, 4) is 0 Å². The summed E-state index contributed by atoms with van der Waals surface area (Å²) in [7, 11) is 0. The second-order valence-electron chi connectivity index (χ2n) is 5.62. The largest absolute Gasteiger partial charge is 0.354 e. The molecule has 0 spiro atoms. The Labute approximate surface area is 113 Å². The van der Waals surface area contributed by atoms with E-state index < -0.39 is 0 Å². The van der Waals surface area contributed by atoms with Crippen LogP contribution in [0.3, 0.4) is 0 Å². The molecule has 5 heteroatoms. The van der Waals surface area contributed by atoms with E-state index in [1.807, 2.05) is 12.5 Å². The lowest BCUT2D eigenvalue weighted by molar-refractivity contribution is -0.122. The van der Waals surface area contributed by atoms with Crippen molar-refractivity contribution in [1.29, 1.82) is 0 Å². The summed E-state index contributed by atoms with van der Waals surface area (Å²) in [6.45, 7) is 3.70. The number of piperidine rings is 1. The molecule has 1 aliphatic heterocycles. The zero-order chi connectivity index (χ0) is 13.1. The third-order valence-electron chi connectivity index (χ3n) is 4.06. The van der Waals surface area contributed by atoms with E-state index in [4.69, 9.17) is 0 Å². The Morgan fingerprint density at radius 1 is 1.47 bits per heavy atom. The van der Waals surface area contributed by atoms with Gasteiger partial charge in [0, 0.05) is 43.4 Å². The van der Waals surface area contributed by atoms with Gasteiger partial charge >= 0.3 is 0 Å². The van der Waals surface area contributed by atoms with E-state index >= 15 is 0 Å². The third-order valence-corrected chi connectivity index (χ3v) is 4.06. The van der Waals surface area contributed by atoms with Gasteiger partial charge in [0.2, 0.25) is 5.91 Å². The van der Waals surface area contributed by atoms with Crippen molar-refractivity contribution in [1.82, 2.24) is 20.2 Å². The first-order chi connectivity index (χ1) is 9.34. The van der Waals surface area contributed by atoms with Crippen LogP contribution in [0.4, 0.5) is 0 Å². The predicted octanol–water partition coefficient (Wildman–Crippen LogP) is 0.876. The molecule has 2 N–H and O–H groups in total. The van der Waals surface area contributed by atoms with Crippen LogP contribution in [0.5, 0.6) is 0 Å². The first kappa shape index (κ1) is 12.7. The number of hydrogen-bond donors (Lipinski definition) is 2. The number of nitrogens with one attached hydrogen (secondary N) is 2. The van der Waals surface area contributed by atoms with Gasteiger partial charge in [-0.2, -0.15) is 0 Å². The quantitative estimate of drug-likeness (QED) is 0.828. The lowest BCUT2D eigenvalue weighted by Crippen LogP contribution is -2.31. The van der Waals surface area contributed by atoms with Gasteiger partial charge in [0.1, 0.15) is 0 Å². The van der Waals surface area contributed by atoms with E-state index in [2.05, 4.69) is 20.2 Å². The highest BCUT2D eigenvalue weighted by molar-refractivity contribution is 5.80. The van der Waals surface area contributed by atoms with Gasteiger partial charge in [-0.3, -0.25) is 4.79 Å². The monoisotopic (exact) mass is 262 g/mol. The van der Waals surface area contributed by atoms with Gasteiger partial charge in [-0.15, -0.1) is 0 Å². The maximum absolute atomic E-state index is 11.6. The summed E-state index contributed by atoms with van der Waals surface area (Å²) in [5.74, 6) is 1.08. The van der Waals surface area contributed by atoms with E-state index in [-0.39, 0.29) is 5.91 Å². The molecule has 3 rings (SSSR count). The van der Waals surface area contributed by atoms with Crippen LogP contribution in [0.1, 0.15) is 37.3 Å². The van der Waals surface area contributed by atoms with Gasteiger partial charge in [0.15, 0.2) is 0 Å². The first-order valence-electron chi connectivity index (χ1n) is 7.33. The summed E-state index contributed by atoms with van der Waals surface area (Å²) in [4.78, 5) is 15.8. The number of rotatable bonds is 5. The molecule has 0 aromatic carbocycles. The molecule has 1 amide bonds. The first-order valence-corrected chi connectivity index (χ1v) is 7.33. The Bertz CT molecular complexity index is 432. The zero-order valence-electron chi connectivity index (χ0n) is 11.3. The lowest BCUT2D eigenvalue weighted by Gasteiger charge is -2.23. The second kappa shape index (κ2) is 5.74. The average Bonchev–Trinajstić information content (AvgIpc) is 3.20. The van der Waals surface area contributed by atoms with Crippen LogP contribution < -0.4 is 10.6 Å². The SMILES string of the molecule is O=C(NCCn1cncc1C1CCCNC1)C1CC1. The Kier molecular flexibility index (Phi) is 3.82. The van der Waals surface area contributed by atoms with Gasteiger partial charge in [-0.05, 0) is 32.2 Å². The van der Waals surface area contributed by atoms with Gasteiger partial charge in [0.25, 0.3) is 0 Å². The van der Waals surface area contributed by atoms with Gasteiger partial charge < -0.3 is 15.2 Å². The number of carbonyl (C=O) groups excluding carboxylic acids is 1. The normalized spacial score (nSPS) is 23.3. The lowest BCUT2D eigenvalue weighted by atomic mass is 9.96. The van der Waals surface area contributed by atoms with Gasteiger partial charge in [0.05, 0.1) is 6.33 Å². The third kappa shape index (κ3) is 3.15. The highest BCUT2D eigenvalue weighted by Crippen LogP contribution is 2.28. The van der Waals surface area contributed by atoms with Crippen molar-refractivity contribution >= 4 is 5.91 Å². The predicted molar refractivity (Wildman–Crippen MR) is 72.8 cm³/mol. The molecule has 19 heavy (non-hydrogen) atoms. The minimum absolute atomic E-state index is 0.223. The maximum atomic E-state index is 11.6. The average molecular weight is 262 g/mol. The van der Waals surface area contributed by atoms with E-state index in [1.54, 1.807) is 0 Å². The Balaban J connectivity index is 1.52. The fourth-order valence-corrected chi connectivity index (χ4v) is 2.75. The van der Waals surface area contributed by atoms with Crippen LogP contribution in [0.15, 0.2) is 12.5 Å². The Morgan fingerprint density at radius 3 is 3.11 bits per heavy atom. The molecule has 2 aliphatic rings. The summed E-state index contributed by atoms with van der Waals surface area (Å²) in [6, 6.07) is 0. The zero-order valence-corrected chi connectivity index (χ0v) is 11.3. The summed E-state index contributed by atoms with van der Waals surface area (Å²) < 4.78 is 2.19. The number of nitrogens with zero attached hydrogens (tertiary/aromatic N) is 2. The van der Waals surface area contributed by atoms with E-state index in [0.29, 0.717) is 18.4 Å². The van der Waals surface area contributed by atoms with Crippen LogP contribution in [0.2, 0.25) is 0 Å². The fraction of sp³-hybridized carbons (Fsp3) is 0.714. The number of amides is 1. The van der Waals surface area contributed by atoms with Crippen LogP contribution in [0, 0.1) is 5.92 Å². The van der Waals surface area contributed by atoms with Crippen LogP contribution in [0.25, 0.3) is 0 Å². The van der Waals surface area contributed by atoms with E-state index in [1.165, 1.54) is 18.5 Å². The molecule has 1 aliphatic carbocycles. The number of imidazole rings is 1. The Morgan fingerprint density at radius 2 is 2.37 bits per heavy atom. The molecule has 2 heterocycles. The standard InChI is InChI=1S/C14H22N4O/c19-14(11-3-4-11)17-6-7-18-10-16-9-13(18)12-2-1-5-15-8-12/h9-12,15H,1-8H2,(H,17,19). The molecule has 0 bridgehead atoms. The smallest absolute Gasteiger partial charge is 0.223 e. The molecule has 2 fully saturated rings. The summed E-state index contributed by atoms with van der Waals surface area (Å²) in [6.07, 6.45) is 8.45. The summed E-state index contributed by atoms with van der Waals surface area (Å²) in [5, 5.41) is 6.45. The molecule has 1 aromatic heterocycles. The minimum atomic E-state index is 0.223. The number of aromatic nitrogens is 2. The molecule has 104 valence electrons. The molecule has 1 unspecified atom stereocenters. The molecule has 0 radical (unpaired) electrons. The topological polar surface area (TPSA) is 59.0 Å². The van der Waals surface area contributed by atoms with Gasteiger partial charge in [-0.25, -0.2) is 4.98 Å². The fourth-order valence-electron chi connectivity index (χ4n) is 2.75. The molecule has 1 saturated carbocycles. The molecule has 5 nitrogen and oxygen atoms in total. The van der Waals surface area contributed by atoms with Crippen molar-refractivity contribution in [2.45, 2.75) is 38.1 Å². The molecular weight excluding hydrogens is 240 g/mol. The highest BCUT2D eigenvalue weighted by Gasteiger charge is 2.29. The van der Waals surface area contributed by atoms with Crippen LogP contribution in [-0.4, -0.2) is 35.1 Å². The van der Waals surface area contributed by atoms with Crippen molar-refractivity contribution in [2.75, 3.05) is 19.6 Å². The highest BCUT2D eigenvalue weighted by atomic mass is 16.2. The van der Waals surface area contributed by atoms with Crippen molar-refractivity contribution < 1.29 is 4.79 Å². The number of hydrogen-bond acceptors (Lipinski definition) is 3. The van der Waals surface area contributed by atoms with Crippen molar-refractivity contribution in [3.05, 3.63) is 18.2 Å².